The Kier molecular flexibility index (Phi) is 3.40. The summed E-state index contributed by atoms with van der Waals surface area (Å²) in [6, 6.07) is 12.9. The summed E-state index contributed by atoms with van der Waals surface area (Å²) in [5, 5.41) is 3.54. The lowest BCUT2D eigenvalue weighted by Gasteiger charge is -2.16. The molecule has 21 heavy (non-hydrogen) atoms. The van der Waals surface area contributed by atoms with Crippen molar-refractivity contribution in [3.05, 3.63) is 58.7 Å². The van der Waals surface area contributed by atoms with Gasteiger partial charge in [0.25, 0.3) is 0 Å². The number of nitrogens with one attached hydrogen (secondary N) is 1. The normalized spacial score (nSPS) is 15.4. The predicted molar refractivity (Wildman–Crippen MR) is 88.1 cm³/mol. The number of rotatable bonds is 3. The maximum Gasteiger partial charge on any atom is 0.123 e. The molecule has 0 radical (unpaired) electrons. The fourth-order valence-electron chi connectivity index (χ4n) is 2.91. The van der Waals surface area contributed by atoms with Crippen molar-refractivity contribution in [3.8, 4) is 5.75 Å². The Balaban J connectivity index is 1.74. The lowest BCUT2D eigenvalue weighted by molar-refractivity contribution is 0.138. The zero-order chi connectivity index (χ0) is 15.0. The molecule has 110 valence electrons. The summed E-state index contributed by atoms with van der Waals surface area (Å²) >= 11 is 0. The molecule has 1 N–H and O–H groups in total. The Hall–Kier alpha value is -1.96. The summed E-state index contributed by atoms with van der Waals surface area (Å²) in [4.78, 5) is 0. The van der Waals surface area contributed by atoms with Crippen molar-refractivity contribution >= 4 is 5.69 Å². The molecule has 2 aromatic carbocycles. The van der Waals surface area contributed by atoms with E-state index in [0.717, 1.165) is 18.7 Å². The Bertz CT molecular complexity index is 673. The van der Waals surface area contributed by atoms with E-state index in [9.17, 15) is 0 Å². The summed E-state index contributed by atoms with van der Waals surface area (Å²) < 4.78 is 5.93. The van der Waals surface area contributed by atoms with Crippen LogP contribution in [0, 0.1) is 13.8 Å². The van der Waals surface area contributed by atoms with Gasteiger partial charge in [-0.1, -0.05) is 24.3 Å². The highest BCUT2D eigenvalue weighted by Crippen LogP contribution is 2.35. The SMILES string of the molecule is Cc1cccc(NCc2ccc3c(c2)CC(C)(C)O3)c1C. The Morgan fingerprint density at radius 3 is 2.76 bits per heavy atom. The highest BCUT2D eigenvalue weighted by Gasteiger charge is 2.29. The molecular formula is C19H23NO. The molecular weight excluding hydrogens is 258 g/mol. The van der Waals surface area contributed by atoms with Crippen LogP contribution in [0.2, 0.25) is 0 Å². The second-order valence-electron chi connectivity index (χ2n) is 6.58. The Morgan fingerprint density at radius 1 is 1.14 bits per heavy atom. The summed E-state index contributed by atoms with van der Waals surface area (Å²) in [7, 11) is 0. The fraction of sp³-hybridized carbons (Fsp3) is 0.368. The van der Waals surface area contributed by atoms with E-state index in [1.165, 1.54) is 27.9 Å². The lowest BCUT2D eigenvalue weighted by atomic mass is 10.00. The van der Waals surface area contributed by atoms with Crippen molar-refractivity contribution in [1.29, 1.82) is 0 Å². The van der Waals surface area contributed by atoms with Gasteiger partial charge in [-0.3, -0.25) is 0 Å². The number of ether oxygens (including phenoxy) is 1. The monoisotopic (exact) mass is 281 g/mol. The molecule has 2 heteroatoms. The second-order valence-corrected chi connectivity index (χ2v) is 6.58. The quantitative estimate of drug-likeness (QED) is 0.885. The molecule has 0 spiro atoms. The van der Waals surface area contributed by atoms with Gasteiger partial charge in [-0.25, -0.2) is 0 Å². The molecule has 0 atom stereocenters. The number of benzene rings is 2. The highest BCUT2D eigenvalue weighted by molar-refractivity contribution is 5.54. The molecule has 0 saturated heterocycles. The lowest BCUT2D eigenvalue weighted by Crippen LogP contribution is -2.24. The van der Waals surface area contributed by atoms with Crippen LogP contribution in [0.25, 0.3) is 0 Å². The summed E-state index contributed by atoms with van der Waals surface area (Å²) in [6.07, 6.45) is 0.986. The topological polar surface area (TPSA) is 21.3 Å². The van der Waals surface area contributed by atoms with E-state index in [2.05, 4.69) is 69.4 Å². The van der Waals surface area contributed by atoms with Crippen LogP contribution in [0.5, 0.6) is 5.75 Å². The minimum atomic E-state index is -0.0679. The number of hydrogen-bond acceptors (Lipinski definition) is 2. The molecule has 1 aliphatic rings. The largest absolute Gasteiger partial charge is 0.487 e. The van der Waals surface area contributed by atoms with Crippen LogP contribution in [-0.4, -0.2) is 5.60 Å². The first-order chi connectivity index (χ1) is 9.94. The van der Waals surface area contributed by atoms with E-state index in [1.54, 1.807) is 0 Å². The standard InChI is InChI=1S/C19H23NO/c1-13-6-5-7-17(14(13)2)20-12-15-8-9-18-16(10-15)11-19(3,4)21-18/h5-10,20H,11-12H2,1-4H3. The smallest absolute Gasteiger partial charge is 0.123 e. The molecule has 0 saturated carbocycles. The van der Waals surface area contributed by atoms with Crippen LogP contribution in [-0.2, 0) is 13.0 Å². The van der Waals surface area contributed by atoms with Crippen LogP contribution in [0.3, 0.4) is 0 Å². The van der Waals surface area contributed by atoms with Crippen molar-refractivity contribution in [2.45, 2.75) is 46.3 Å². The van der Waals surface area contributed by atoms with Crippen LogP contribution in [0.1, 0.15) is 36.1 Å². The minimum absolute atomic E-state index is 0.0679. The van der Waals surface area contributed by atoms with E-state index in [1.807, 2.05) is 0 Å². The second kappa shape index (κ2) is 5.10. The van der Waals surface area contributed by atoms with Gasteiger partial charge >= 0.3 is 0 Å². The van der Waals surface area contributed by atoms with Gasteiger partial charge in [0.05, 0.1) is 0 Å². The molecule has 0 fully saturated rings. The van der Waals surface area contributed by atoms with E-state index < -0.39 is 0 Å². The van der Waals surface area contributed by atoms with Gasteiger partial charge in [0.2, 0.25) is 0 Å². The number of anilines is 1. The molecule has 2 nitrogen and oxygen atoms in total. The molecule has 0 aromatic heterocycles. The first kappa shape index (κ1) is 14.0. The maximum atomic E-state index is 5.93. The Morgan fingerprint density at radius 2 is 1.95 bits per heavy atom. The number of fused-ring (bicyclic) bond motifs is 1. The van der Waals surface area contributed by atoms with Crippen molar-refractivity contribution in [1.82, 2.24) is 0 Å². The molecule has 3 rings (SSSR count). The van der Waals surface area contributed by atoms with Crippen LogP contribution < -0.4 is 10.1 Å². The molecule has 1 aliphatic heterocycles. The molecule has 2 aromatic rings. The van der Waals surface area contributed by atoms with Gasteiger partial charge in [0, 0.05) is 18.7 Å². The highest BCUT2D eigenvalue weighted by atomic mass is 16.5. The minimum Gasteiger partial charge on any atom is -0.487 e. The van der Waals surface area contributed by atoms with Gasteiger partial charge in [-0.15, -0.1) is 0 Å². The van der Waals surface area contributed by atoms with E-state index >= 15 is 0 Å². The zero-order valence-electron chi connectivity index (χ0n) is 13.3. The van der Waals surface area contributed by atoms with Crippen molar-refractivity contribution < 1.29 is 4.74 Å². The van der Waals surface area contributed by atoms with Crippen molar-refractivity contribution in [2.24, 2.45) is 0 Å². The van der Waals surface area contributed by atoms with Crippen LogP contribution in [0.15, 0.2) is 36.4 Å². The third-order valence-corrected chi connectivity index (χ3v) is 4.21. The van der Waals surface area contributed by atoms with Gasteiger partial charge in [-0.05, 0) is 62.1 Å². The first-order valence-electron chi connectivity index (χ1n) is 7.55. The zero-order valence-corrected chi connectivity index (χ0v) is 13.3. The average molecular weight is 281 g/mol. The third kappa shape index (κ3) is 2.90. The van der Waals surface area contributed by atoms with Crippen molar-refractivity contribution in [3.63, 3.8) is 0 Å². The summed E-state index contributed by atoms with van der Waals surface area (Å²) in [6.45, 7) is 9.44. The third-order valence-electron chi connectivity index (χ3n) is 4.21. The number of aryl methyl sites for hydroxylation is 1. The molecule has 0 unspecified atom stereocenters. The summed E-state index contributed by atoms with van der Waals surface area (Å²) in [5.74, 6) is 1.04. The molecule has 0 aliphatic carbocycles. The summed E-state index contributed by atoms with van der Waals surface area (Å²) in [5.41, 5.74) is 6.41. The fourth-order valence-corrected chi connectivity index (χ4v) is 2.91. The van der Waals surface area contributed by atoms with E-state index in [-0.39, 0.29) is 5.60 Å². The molecule has 0 bridgehead atoms. The number of hydrogen-bond donors (Lipinski definition) is 1. The Labute approximate surface area is 127 Å². The predicted octanol–water partition coefficient (Wildman–Crippen LogP) is 4.63. The van der Waals surface area contributed by atoms with Crippen LogP contribution >= 0.6 is 0 Å². The maximum absolute atomic E-state index is 5.93. The van der Waals surface area contributed by atoms with Gasteiger partial charge in [-0.2, -0.15) is 0 Å². The van der Waals surface area contributed by atoms with E-state index in [0.29, 0.717) is 0 Å². The van der Waals surface area contributed by atoms with Crippen LogP contribution in [0.4, 0.5) is 5.69 Å². The van der Waals surface area contributed by atoms with Gasteiger partial charge in [0.1, 0.15) is 11.4 Å². The van der Waals surface area contributed by atoms with Gasteiger partial charge < -0.3 is 10.1 Å². The average Bonchev–Trinajstić information content (AvgIpc) is 2.73. The molecule has 0 amide bonds. The van der Waals surface area contributed by atoms with E-state index in [4.69, 9.17) is 4.74 Å². The molecule has 1 heterocycles. The first-order valence-corrected chi connectivity index (χ1v) is 7.55. The van der Waals surface area contributed by atoms with Gasteiger partial charge in [0.15, 0.2) is 0 Å². The van der Waals surface area contributed by atoms with Crippen molar-refractivity contribution in [2.75, 3.05) is 5.32 Å².